The van der Waals surface area contributed by atoms with E-state index in [1.807, 2.05) is 74.3 Å². The molecule has 0 radical (unpaired) electrons. The van der Waals surface area contributed by atoms with Gasteiger partial charge in [-0.1, -0.05) is 36.4 Å². The number of aliphatic hydroxyl groups excluding tert-OH is 1. The average Bonchev–Trinajstić information content (AvgIpc) is 3.22. The zero-order chi connectivity index (χ0) is 25.3. The molecule has 4 rings (SSSR count). The molecular formula is C26H31N5O4. The molecule has 0 bridgehead atoms. The van der Waals surface area contributed by atoms with Gasteiger partial charge in [-0.25, -0.2) is 4.79 Å². The van der Waals surface area contributed by atoms with Gasteiger partial charge in [0.15, 0.2) is 11.2 Å². The summed E-state index contributed by atoms with van der Waals surface area (Å²) in [5.41, 5.74) is 2.95. The summed E-state index contributed by atoms with van der Waals surface area (Å²) in [7, 11) is 4.89. The van der Waals surface area contributed by atoms with Crippen LogP contribution in [0.4, 0.5) is 5.95 Å². The van der Waals surface area contributed by atoms with Gasteiger partial charge in [0, 0.05) is 27.7 Å². The van der Waals surface area contributed by atoms with Crippen LogP contribution in [-0.4, -0.2) is 43.6 Å². The molecule has 0 spiro atoms. The van der Waals surface area contributed by atoms with Gasteiger partial charge in [-0.15, -0.1) is 0 Å². The minimum absolute atomic E-state index is 0.0378. The number of benzene rings is 2. The number of nitrogens with zero attached hydrogens (tertiary/aromatic N) is 5. The summed E-state index contributed by atoms with van der Waals surface area (Å²) in [6.07, 6.45) is -0.917. The third-order valence-electron chi connectivity index (χ3n) is 6.25. The number of fused-ring (bicyclic) bond motifs is 1. The van der Waals surface area contributed by atoms with Crippen molar-refractivity contribution in [2.45, 2.75) is 33.0 Å². The fourth-order valence-corrected chi connectivity index (χ4v) is 4.09. The topological polar surface area (TPSA) is 94.5 Å². The van der Waals surface area contributed by atoms with Crippen molar-refractivity contribution in [1.29, 1.82) is 0 Å². The number of rotatable bonds is 8. The van der Waals surface area contributed by atoms with E-state index in [1.54, 1.807) is 11.6 Å². The lowest BCUT2D eigenvalue weighted by molar-refractivity contribution is 0.0936. The van der Waals surface area contributed by atoms with Crippen LogP contribution in [0.2, 0.25) is 0 Å². The van der Waals surface area contributed by atoms with E-state index < -0.39 is 17.4 Å². The highest BCUT2D eigenvalue weighted by Gasteiger charge is 2.23. The second-order valence-corrected chi connectivity index (χ2v) is 8.95. The van der Waals surface area contributed by atoms with Crippen molar-refractivity contribution >= 4 is 17.1 Å². The zero-order valence-corrected chi connectivity index (χ0v) is 20.7. The molecule has 1 atom stereocenters. The highest BCUT2D eigenvalue weighted by atomic mass is 16.5. The molecule has 2 heterocycles. The van der Waals surface area contributed by atoms with Crippen molar-refractivity contribution in [3.05, 3.63) is 86.1 Å². The molecule has 0 aliphatic carbocycles. The Balaban J connectivity index is 1.69. The summed E-state index contributed by atoms with van der Waals surface area (Å²) in [5, 5.41) is 10.9. The molecule has 184 valence electrons. The first-order valence-electron chi connectivity index (χ1n) is 11.5. The van der Waals surface area contributed by atoms with Crippen molar-refractivity contribution in [2.75, 3.05) is 18.6 Å². The Bertz CT molecular complexity index is 1470. The molecule has 0 fully saturated rings. The number of anilines is 1. The Hall–Kier alpha value is -3.85. The van der Waals surface area contributed by atoms with Gasteiger partial charge >= 0.3 is 5.69 Å². The molecule has 2 aromatic carbocycles. The Morgan fingerprint density at radius 2 is 1.74 bits per heavy atom. The molecule has 2 aromatic heterocycles. The predicted octanol–water partition coefficient (Wildman–Crippen LogP) is 2.13. The maximum absolute atomic E-state index is 13.1. The first-order valence-corrected chi connectivity index (χ1v) is 11.5. The summed E-state index contributed by atoms with van der Waals surface area (Å²) in [6.45, 7) is 4.68. The van der Waals surface area contributed by atoms with Crippen molar-refractivity contribution in [3.63, 3.8) is 0 Å². The van der Waals surface area contributed by atoms with E-state index in [2.05, 4.69) is 4.98 Å². The summed E-state index contributed by atoms with van der Waals surface area (Å²) in [6, 6.07) is 15.6. The molecule has 0 saturated heterocycles. The van der Waals surface area contributed by atoms with Crippen molar-refractivity contribution in [2.24, 2.45) is 14.1 Å². The molecular weight excluding hydrogens is 446 g/mol. The van der Waals surface area contributed by atoms with Gasteiger partial charge in [-0.2, -0.15) is 4.98 Å². The first-order chi connectivity index (χ1) is 16.7. The number of aromatic nitrogens is 4. The lowest BCUT2D eigenvalue weighted by Gasteiger charge is -2.21. The summed E-state index contributed by atoms with van der Waals surface area (Å²) in [5.74, 6) is 1.15. The lowest BCUT2D eigenvalue weighted by atomic mass is 10.1. The van der Waals surface area contributed by atoms with E-state index >= 15 is 0 Å². The van der Waals surface area contributed by atoms with Gasteiger partial charge in [0.25, 0.3) is 5.56 Å². The Morgan fingerprint density at radius 3 is 2.43 bits per heavy atom. The quantitative estimate of drug-likeness (QED) is 0.418. The lowest BCUT2D eigenvalue weighted by Crippen LogP contribution is -2.38. The summed E-state index contributed by atoms with van der Waals surface area (Å²) >= 11 is 0. The number of imidazole rings is 1. The van der Waals surface area contributed by atoms with Crippen LogP contribution in [0, 0.1) is 13.8 Å². The highest BCUT2D eigenvalue weighted by Crippen LogP contribution is 2.22. The van der Waals surface area contributed by atoms with Crippen LogP contribution in [0.1, 0.15) is 16.7 Å². The van der Waals surface area contributed by atoms with E-state index in [9.17, 15) is 14.7 Å². The third kappa shape index (κ3) is 4.85. The largest absolute Gasteiger partial charge is 0.491 e. The molecule has 9 nitrogen and oxygen atoms in total. The molecule has 35 heavy (non-hydrogen) atoms. The summed E-state index contributed by atoms with van der Waals surface area (Å²) < 4.78 is 9.90. The molecule has 1 N–H and O–H groups in total. The van der Waals surface area contributed by atoms with Gasteiger partial charge in [0.05, 0.1) is 6.54 Å². The Kier molecular flexibility index (Phi) is 6.79. The van der Waals surface area contributed by atoms with E-state index in [0.29, 0.717) is 18.2 Å². The maximum atomic E-state index is 13.1. The molecule has 0 aliphatic heterocycles. The van der Waals surface area contributed by atoms with Gasteiger partial charge < -0.3 is 19.3 Å². The minimum atomic E-state index is -0.917. The Labute approximate surface area is 203 Å². The van der Waals surface area contributed by atoms with Crippen LogP contribution in [0.25, 0.3) is 11.2 Å². The Morgan fingerprint density at radius 1 is 1.03 bits per heavy atom. The fraction of sp³-hybridized carbons (Fsp3) is 0.346. The molecule has 0 amide bonds. The van der Waals surface area contributed by atoms with Crippen LogP contribution in [0.15, 0.2) is 58.1 Å². The van der Waals surface area contributed by atoms with Crippen LogP contribution >= 0.6 is 0 Å². The highest BCUT2D eigenvalue weighted by molar-refractivity contribution is 5.74. The molecule has 0 saturated carbocycles. The third-order valence-corrected chi connectivity index (χ3v) is 6.25. The van der Waals surface area contributed by atoms with E-state index in [4.69, 9.17) is 4.74 Å². The number of hydrogen-bond donors (Lipinski definition) is 1. The van der Waals surface area contributed by atoms with E-state index in [0.717, 1.165) is 21.3 Å². The molecule has 0 unspecified atom stereocenters. The number of ether oxygens (including phenoxy) is 1. The number of aryl methyl sites for hydroxylation is 3. The van der Waals surface area contributed by atoms with Crippen LogP contribution < -0.4 is 20.9 Å². The van der Waals surface area contributed by atoms with E-state index in [1.165, 1.54) is 11.6 Å². The second kappa shape index (κ2) is 9.79. The maximum Gasteiger partial charge on any atom is 0.332 e. The van der Waals surface area contributed by atoms with Gasteiger partial charge in [0.2, 0.25) is 5.95 Å². The second-order valence-electron chi connectivity index (χ2n) is 8.95. The molecule has 0 aliphatic rings. The first kappa shape index (κ1) is 24.3. The fourth-order valence-electron chi connectivity index (χ4n) is 4.09. The normalized spacial score (nSPS) is 12.2. The zero-order valence-electron chi connectivity index (χ0n) is 20.7. The smallest absolute Gasteiger partial charge is 0.332 e. The van der Waals surface area contributed by atoms with E-state index in [-0.39, 0.29) is 24.3 Å². The number of hydrogen-bond acceptors (Lipinski definition) is 6. The van der Waals surface area contributed by atoms with Crippen LogP contribution in [0.3, 0.4) is 0 Å². The average molecular weight is 478 g/mol. The predicted molar refractivity (Wildman–Crippen MR) is 136 cm³/mol. The van der Waals surface area contributed by atoms with Crippen molar-refractivity contribution < 1.29 is 9.84 Å². The van der Waals surface area contributed by atoms with Crippen molar-refractivity contribution in [1.82, 2.24) is 18.7 Å². The summed E-state index contributed by atoms with van der Waals surface area (Å²) in [4.78, 5) is 32.2. The van der Waals surface area contributed by atoms with Gasteiger partial charge in [-0.3, -0.25) is 13.9 Å². The van der Waals surface area contributed by atoms with Gasteiger partial charge in [-0.05, 0) is 42.7 Å². The van der Waals surface area contributed by atoms with Crippen LogP contribution in [-0.2, 0) is 27.2 Å². The minimum Gasteiger partial charge on any atom is -0.491 e. The number of aliphatic hydroxyl groups is 1. The monoisotopic (exact) mass is 477 g/mol. The molecule has 9 heteroatoms. The van der Waals surface area contributed by atoms with Crippen LogP contribution in [0.5, 0.6) is 5.75 Å². The van der Waals surface area contributed by atoms with Gasteiger partial charge in [0.1, 0.15) is 18.5 Å². The molecule has 4 aromatic rings. The standard InChI is InChI=1S/C26H31N5O4/c1-17-11-12-21(13-18(17)2)35-16-20(32)15-31-22-23(29(4)26(34)30(5)24(22)33)27-25(31)28(3)14-19-9-7-6-8-10-19/h6-13,20,32H,14-16H2,1-5H3/t20-/m1/s1. The van der Waals surface area contributed by atoms with Crippen molar-refractivity contribution in [3.8, 4) is 5.75 Å². The SMILES string of the molecule is Cc1ccc(OC[C@H](O)Cn2c(N(C)Cc3ccccc3)nc3c2c(=O)n(C)c(=O)n3C)cc1C.